The molecule has 2 aromatic rings. The largest absolute Gasteiger partial charge is 0.342 e. The highest BCUT2D eigenvalue weighted by atomic mass is 35.5. The quantitative estimate of drug-likeness (QED) is 0.887. The predicted octanol–water partition coefficient (Wildman–Crippen LogP) is 2.08. The molecular formula is C13H12ClN2O+. The maximum atomic E-state index is 11.8. The van der Waals surface area contributed by atoms with Gasteiger partial charge in [-0.15, -0.1) is 0 Å². The lowest BCUT2D eigenvalue weighted by atomic mass is 10.2. The van der Waals surface area contributed by atoms with Crippen LogP contribution in [0, 0.1) is 0 Å². The second-order valence-electron chi connectivity index (χ2n) is 3.55. The average molecular weight is 248 g/mol. The number of pyridine rings is 1. The fourth-order valence-electron chi connectivity index (χ4n) is 1.46. The van der Waals surface area contributed by atoms with Crippen LogP contribution in [-0.4, -0.2) is 5.91 Å². The molecule has 0 saturated carbocycles. The first-order chi connectivity index (χ1) is 8.27. The Morgan fingerprint density at radius 2 is 1.94 bits per heavy atom. The highest BCUT2D eigenvalue weighted by Crippen LogP contribution is 2.14. The number of H-pyrrole nitrogens is 1. The summed E-state index contributed by atoms with van der Waals surface area (Å²) in [6.45, 7) is 0.449. The zero-order valence-electron chi connectivity index (χ0n) is 9.11. The zero-order chi connectivity index (χ0) is 12.1. The SMILES string of the molecule is O=C(NCc1cccc[nH+]1)c1ccccc1Cl. The number of aromatic amines is 1. The van der Waals surface area contributed by atoms with Gasteiger partial charge in [0.15, 0.2) is 11.9 Å². The van der Waals surface area contributed by atoms with Crippen LogP contribution in [0.25, 0.3) is 0 Å². The van der Waals surface area contributed by atoms with Crippen molar-refractivity contribution in [2.45, 2.75) is 6.54 Å². The number of halogens is 1. The number of hydrogen-bond acceptors (Lipinski definition) is 1. The number of rotatable bonds is 3. The van der Waals surface area contributed by atoms with E-state index in [0.29, 0.717) is 17.1 Å². The lowest BCUT2D eigenvalue weighted by Crippen LogP contribution is -2.26. The molecule has 0 atom stereocenters. The van der Waals surface area contributed by atoms with Crippen molar-refractivity contribution in [2.24, 2.45) is 0 Å². The van der Waals surface area contributed by atoms with Gasteiger partial charge >= 0.3 is 0 Å². The minimum atomic E-state index is -0.173. The lowest BCUT2D eigenvalue weighted by Gasteiger charge is -2.04. The molecule has 0 aliphatic carbocycles. The lowest BCUT2D eigenvalue weighted by molar-refractivity contribution is -0.390. The zero-order valence-corrected chi connectivity index (χ0v) is 9.87. The van der Waals surface area contributed by atoms with E-state index in [9.17, 15) is 4.79 Å². The smallest absolute Gasteiger partial charge is 0.253 e. The van der Waals surface area contributed by atoms with Gasteiger partial charge in [-0.2, -0.15) is 0 Å². The van der Waals surface area contributed by atoms with Crippen molar-refractivity contribution in [2.75, 3.05) is 0 Å². The maximum Gasteiger partial charge on any atom is 0.253 e. The van der Waals surface area contributed by atoms with E-state index in [2.05, 4.69) is 10.3 Å². The summed E-state index contributed by atoms with van der Waals surface area (Å²) >= 11 is 5.93. The third kappa shape index (κ3) is 3.04. The Labute approximate surface area is 104 Å². The molecule has 1 amide bonds. The van der Waals surface area contributed by atoms with Gasteiger partial charge in [0.1, 0.15) is 6.54 Å². The van der Waals surface area contributed by atoms with Gasteiger partial charge in [0.2, 0.25) is 0 Å². The fraction of sp³-hybridized carbons (Fsp3) is 0.0769. The normalized spacial score (nSPS) is 9.94. The molecule has 0 spiro atoms. The van der Waals surface area contributed by atoms with Gasteiger partial charge in [0.05, 0.1) is 10.6 Å². The molecule has 1 aromatic carbocycles. The summed E-state index contributed by atoms with van der Waals surface area (Å²) in [6, 6.07) is 12.7. The van der Waals surface area contributed by atoms with Gasteiger partial charge in [-0.1, -0.05) is 29.8 Å². The monoisotopic (exact) mass is 247 g/mol. The van der Waals surface area contributed by atoms with E-state index < -0.39 is 0 Å². The minimum absolute atomic E-state index is 0.173. The van der Waals surface area contributed by atoms with Gasteiger partial charge < -0.3 is 5.32 Å². The first kappa shape index (κ1) is 11.6. The Morgan fingerprint density at radius 1 is 1.18 bits per heavy atom. The molecule has 4 heteroatoms. The number of hydrogen-bond donors (Lipinski definition) is 1. The summed E-state index contributed by atoms with van der Waals surface area (Å²) < 4.78 is 0. The summed E-state index contributed by atoms with van der Waals surface area (Å²) in [5, 5.41) is 3.26. The topological polar surface area (TPSA) is 43.2 Å². The van der Waals surface area contributed by atoms with Gasteiger partial charge in [-0.25, -0.2) is 4.98 Å². The van der Waals surface area contributed by atoms with Gasteiger partial charge in [-0.3, -0.25) is 4.79 Å². The molecule has 0 bridgehead atoms. The molecule has 0 aliphatic heterocycles. The van der Waals surface area contributed by atoms with Crippen LogP contribution in [0.2, 0.25) is 5.02 Å². The van der Waals surface area contributed by atoms with Crippen molar-refractivity contribution in [1.82, 2.24) is 5.32 Å². The summed E-state index contributed by atoms with van der Waals surface area (Å²) in [6.07, 6.45) is 1.82. The highest BCUT2D eigenvalue weighted by Gasteiger charge is 2.10. The van der Waals surface area contributed by atoms with Crippen LogP contribution in [-0.2, 0) is 6.54 Å². The van der Waals surface area contributed by atoms with Crippen molar-refractivity contribution in [3.05, 3.63) is 64.9 Å². The molecule has 3 nitrogen and oxygen atoms in total. The van der Waals surface area contributed by atoms with Crippen LogP contribution >= 0.6 is 11.6 Å². The Kier molecular flexibility index (Phi) is 3.73. The summed E-state index contributed by atoms with van der Waals surface area (Å²) in [4.78, 5) is 14.9. The van der Waals surface area contributed by atoms with E-state index in [1.165, 1.54) is 0 Å². The van der Waals surface area contributed by atoms with Crippen LogP contribution in [0.4, 0.5) is 0 Å². The maximum absolute atomic E-state index is 11.8. The number of carbonyl (C=O) groups excluding carboxylic acids is 1. The number of nitrogens with one attached hydrogen (secondary N) is 2. The first-order valence-electron chi connectivity index (χ1n) is 5.25. The molecule has 17 heavy (non-hydrogen) atoms. The van der Waals surface area contributed by atoms with Gasteiger partial charge in [-0.05, 0) is 12.1 Å². The van der Waals surface area contributed by atoms with Crippen molar-refractivity contribution in [3.8, 4) is 0 Å². The van der Waals surface area contributed by atoms with Crippen LogP contribution in [0.1, 0.15) is 16.1 Å². The molecule has 2 N–H and O–H groups in total. The molecule has 1 aromatic heterocycles. The van der Waals surface area contributed by atoms with Crippen molar-refractivity contribution in [3.63, 3.8) is 0 Å². The molecule has 2 rings (SSSR count). The van der Waals surface area contributed by atoms with E-state index in [0.717, 1.165) is 5.69 Å². The van der Waals surface area contributed by atoms with Crippen LogP contribution in [0.5, 0.6) is 0 Å². The summed E-state index contributed by atoms with van der Waals surface area (Å²) in [7, 11) is 0. The van der Waals surface area contributed by atoms with Crippen molar-refractivity contribution in [1.29, 1.82) is 0 Å². The fourth-order valence-corrected chi connectivity index (χ4v) is 1.68. The molecule has 1 heterocycles. The number of amides is 1. The highest BCUT2D eigenvalue weighted by molar-refractivity contribution is 6.33. The molecule has 0 aliphatic rings. The number of aromatic nitrogens is 1. The standard InChI is InChI=1S/C13H11ClN2O/c14-12-7-2-1-6-11(12)13(17)16-9-10-5-3-4-8-15-10/h1-8H,9H2,(H,16,17)/p+1. The van der Waals surface area contributed by atoms with Crippen LogP contribution in [0.15, 0.2) is 48.7 Å². The molecule has 0 saturated heterocycles. The molecule has 86 valence electrons. The van der Waals surface area contributed by atoms with Gasteiger partial charge in [0.25, 0.3) is 5.91 Å². The number of carbonyl (C=O) groups is 1. The Morgan fingerprint density at radius 3 is 2.65 bits per heavy atom. The van der Waals surface area contributed by atoms with Crippen LogP contribution in [0.3, 0.4) is 0 Å². The van der Waals surface area contributed by atoms with E-state index in [1.807, 2.05) is 24.4 Å². The Balaban J connectivity index is 2.01. The van der Waals surface area contributed by atoms with Gasteiger partial charge in [0, 0.05) is 12.1 Å². The molecule has 0 unspecified atom stereocenters. The average Bonchev–Trinajstić information content (AvgIpc) is 2.38. The molecular weight excluding hydrogens is 236 g/mol. The van der Waals surface area contributed by atoms with E-state index in [4.69, 9.17) is 11.6 Å². The van der Waals surface area contributed by atoms with E-state index >= 15 is 0 Å². The third-order valence-corrected chi connectivity index (χ3v) is 2.66. The molecule has 0 radical (unpaired) electrons. The second-order valence-corrected chi connectivity index (χ2v) is 3.96. The second kappa shape index (κ2) is 5.46. The summed E-state index contributed by atoms with van der Waals surface area (Å²) in [5.74, 6) is -0.173. The van der Waals surface area contributed by atoms with Crippen molar-refractivity contribution >= 4 is 17.5 Å². The first-order valence-corrected chi connectivity index (χ1v) is 5.63. The minimum Gasteiger partial charge on any atom is -0.342 e. The third-order valence-electron chi connectivity index (χ3n) is 2.33. The van der Waals surface area contributed by atoms with Crippen LogP contribution < -0.4 is 10.3 Å². The van der Waals surface area contributed by atoms with Crippen molar-refractivity contribution < 1.29 is 9.78 Å². The Hall–Kier alpha value is -1.87. The van der Waals surface area contributed by atoms with E-state index in [-0.39, 0.29) is 5.91 Å². The predicted molar refractivity (Wildman–Crippen MR) is 65.6 cm³/mol. The summed E-state index contributed by atoms with van der Waals surface area (Å²) in [5.41, 5.74) is 1.43. The van der Waals surface area contributed by atoms with E-state index in [1.54, 1.807) is 24.3 Å². The molecule has 0 fully saturated rings. The Bertz CT molecular complexity index is 514. The number of benzene rings is 1.